The Morgan fingerprint density at radius 3 is 2.70 bits per heavy atom. The van der Waals surface area contributed by atoms with E-state index in [0.29, 0.717) is 12.4 Å². The Bertz CT molecular complexity index is 717. The van der Waals surface area contributed by atoms with Crippen LogP contribution in [0.2, 0.25) is 0 Å². The number of anilines is 1. The Morgan fingerprint density at radius 2 is 1.95 bits per heavy atom. The number of hydrogen-bond acceptors (Lipinski definition) is 4. The van der Waals surface area contributed by atoms with Gasteiger partial charge in [0.1, 0.15) is 11.3 Å². The number of benzene rings is 2. The van der Waals surface area contributed by atoms with Crippen LogP contribution in [0.15, 0.2) is 46.9 Å². The second-order valence-corrected chi connectivity index (χ2v) is 4.66. The summed E-state index contributed by atoms with van der Waals surface area (Å²) in [5.74, 6) is 0.908. The third-order valence-electron chi connectivity index (χ3n) is 3.22. The number of aryl methyl sites for hydroxylation is 1. The Balaban J connectivity index is 1.75. The van der Waals surface area contributed by atoms with Gasteiger partial charge in [0.25, 0.3) is 0 Å². The number of fused-ring (bicyclic) bond motifs is 1. The van der Waals surface area contributed by atoms with Gasteiger partial charge in [0, 0.05) is 5.69 Å². The van der Waals surface area contributed by atoms with Gasteiger partial charge in [-0.25, -0.2) is 4.98 Å². The van der Waals surface area contributed by atoms with Crippen molar-refractivity contribution in [2.75, 3.05) is 5.32 Å². The van der Waals surface area contributed by atoms with Crippen molar-refractivity contribution in [3.05, 3.63) is 53.9 Å². The zero-order valence-electron chi connectivity index (χ0n) is 11.3. The van der Waals surface area contributed by atoms with E-state index in [1.165, 1.54) is 5.56 Å². The smallest absolute Gasteiger partial charge is 0.214 e. The number of rotatable bonds is 4. The second kappa shape index (κ2) is 5.25. The first-order valence-electron chi connectivity index (χ1n) is 6.66. The molecule has 4 nitrogen and oxygen atoms in total. The maximum absolute atomic E-state index is 9.23. The fourth-order valence-corrected chi connectivity index (χ4v) is 2.07. The summed E-state index contributed by atoms with van der Waals surface area (Å²) in [6.07, 6.45) is 0.990. The van der Waals surface area contributed by atoms with Crippen LogP contribution in [-0.4, -0.2) is 10.1 Å². The highest BCUT2D eigenvalue weighted by Gasteiger charge is 2.06. The molecule has 0 amide bonds. The monoisotopic (exact) mass is 268 g/mol. The average molecular weight is 268 g/mol. The predicted octanol–water partition coefficient (Wildman–Crippen LogP) is 3.71. The quantitative estimate of drug-likeness (QED) is 0.708. The summed E-state index contributed by atoms with van der Waals surface area (Å²) in [5, 5.41) is 12.4. The lowest BCUT2D eigenvalue weighted by Gasteiger charge is -2.02. The van der Waals surface area contributed by atoms with Crippen LogP contribution >= 0.6 is 0 Å². The van der Waals surface area contributed by atoms with Crippen molar-refractivity contribution in [2.45, 2.75) is 19.9 Å². The van der Waals surface area contributed by atoms with Crippen molar-refractivity contribution in [1.29, 1.82) is 0 Å². The van der Waals surface area contributed by atoms with Crippen molar-refractivity contribution in [1.82, 2.24) is 4.98 Å². The molecule has 2 N–H and O–H groups in total. The average Bonchev–Trinajstić information content (AvgIpc) is 2.88. The van der Waals surface area contributed by atoms with E-state index in [1.807, 2.05) is 18.2 Å². The van der Waals surface area contributed by atoms with Crippen LogP contribution in [0.25, 0.3) is 11.1 Å². The molecule has 0 unspecified atom stereocenters. The third kappa shape index (κ3) is 2.59. The number of oxazole rings is 1. The minimum atomic E-state index is 0.254. The predicted molar refractivity (Wildman–Crippen MR) is 78.8 cm³/mol. The normalized spacial score (nSPS) is 10.8. The summed E-state index contributed by atoms with van der Waals surface area (Å²) in [4.78, 5) is 4.48. The molecule has 0 aliphatic rings. The highest BCUT2D eigenvalue weighted by molar-refractivity contribution is 5.73. The first-order valence-corrected chi connectivity index (χ1v) is 6.66. The standard InChI is InChI=1S/C16H16N2O2/c1-2-11-3-8-15-14(9-11)18-16(20-15)10-17-12-4-6-13(19)7-5-12/h3-9,17,19H,2,10H2,1H3. The lowest BCUT2D eigenvalue weighted by molar-refractivity contribution is 0.475. The van der Waals surface area contributed by atoms with Gasteiger partial charge in [0.2, 0.25) is 5.89 Å². The molecule has 3 aromatic rings. The molecular formula is C16H16N2O2. The molecule has 0 saturated heterocycles. The van der Waals surface area contributed by atoms with Gasteiger partial charge in [-0.3, -0.25) is 0 Å². The maximum atomic E-state index is 9.23. The van der Waals surface area contributed by atoms with Crippen molar-refractivity contribution in [3.8, 4) is 5.75 Å². The van der Waals surface area contributed by atoms with Crippen LogP contribution in [0.1, 0.15) is 18.4 Å². The molecule has 0 aliphatic carbocycles. The van der Waals surface area contributed by atoms with Gasteiger partial charge in [0.05, 0.1) is 6.54 Å². The van der Waals surface area contributed by atoms with Crippen LogP contribution in [0, 0.1) is 0 Å². The molecule has 0 spiro atoms. The van der Waals surface area contributed by atoms with E-state index in [9.17, 15) is 5.11 Å². The van der Waals surface area contributed by atoms with Crippen molar-refractivity contribution in [2.24, 2.45) is 0 Å². The van der Waals surface area contributed by atoms with Gasteiger partial charge in [-0.2, -0.15) is 0 Å². The van der Waals surface area contributed by atoms with Gasteiger partial charge >= 0.3 is 0 Å². The second-order valence-electron chi connectivity index (χ2n) is 4.66. The van der Waals surface area contributed by atoms with E-state index >= 15 is 0 Å². The number of aromatic hydroxyl groups is 1. The molecule has 1 heterocycles. The summed E-state index contributed by atoms with van der Waals surface area (Å²) in [6, 6.07) is 13.0. The van der Waals surface area contributed by atoms with Crippen molar-refractivity contribution < 1.29 is 9.52 Å². The van der Waals surface area contributed by atoms with Crippen LogP contribution in [0.4, 0.5) is 5.69 Å². The van der Waals surface area contributed by atoms with Crippen LogP contribution in [0.5, 0.6) is 5.75 Å². The Hall–Kier alpha value is -2.49. The van der Waals surface area contributed by atoms with Gasteiger partial charge in [-0.05, 0) is 48.4 Å². The third-order valence-corrected chi connectivity index (χ3v) is 3.22. The summed E-state index contributed by atoms with van der Waals surface area (Å²) in [6.45, 7) is 2.63. The van der Waals surface area contributed by atoms with Crippen LogP contribution < -0.4 is 5.32 Å². The first-order chi connectivity index (χ1) is 9.74. The summed E-state index contributed by atoms with van der Waals surface area (Å²) in [5.41, 5.74) is 3.87. The van der Waals surface area contributed by atoms with E-state index in [2.05, 4.69) is 29.4 Å². The van der Waals surface area contributed by atoms with E-state index in [4.69, 9.17) is 4.42 Å². The molecule has 0 atom stereocenters. The molecule has 2 aromatic carbocycles. The minimum absolute atomic E-state index is 0.254. The largest absolute Gasteiger partial charge is 0.508 e. The number of hydrogen-bond donors (Lipinski definition) is 2. The zero-order valence-corrected chi connectivity index (χ0v) is 11.3. The number of aromatic nitrogens is 1. The number of phenolic OH excluding ortho intramolecular Hbond substituents is 1. The molecule has 0 bridgehead atoms. The highest BCUT2D eigenvalue weighted by atomic mass is 16.3. The molecule has 3 rings (SSSR count). The highest BCUT2D eigenvalue weighted by Crippen LogP contribution is 2.19. The Labute approximate surface area is 117 Å². The fraction of sp³-hybridized carbons (Fsp3) is 0.188. The van der Waals surface area contributed by atoms with E-state index < -0.39 is 0 Å². The Morgan fingerprint density at radius 1 is 1.15 bits per heavy atom. The Kier molecular flexibility index (Phi) is 3.29. The van der Waals surface area contributed by atoms with E-state index in [1.54, 1.807) is 12.1 Å². The molecular weight excluding hydrogens is 252 g/mol. The molecule has 1 aromatic heterocycles. The number of nitrogens with one attached hydrogen (secondary N) is 1. The van der Waals surface area contributed by atoms with Gasteiger partial charge in [0.15, 0.2) is 5.58 Å². The van der Waals surface area contributed by atoms with E-state index in [0.717, 1.165) is 23.2 Å². The van der Waals surface area contributed by atoms with Gasteiger partial charge in [-0.15, -0.1) is 0 Å². The zero-order chi connectivity index (χ0) is 13.9. The molecule has 20 heavy (non-hydrogen) atoms. The summed E-state index contributed by atoms with van der Waals surface area (Å²) >= 11 is 0. The van der Waals surface area contributed by atoms with Crippen molar-refractivity contribution in [3.63, 3.8) is 0 Å². The molecule has 0 saturated carbocycles. The van der Waals surface area contributed by atoms with Crippen molar-refractivity contribution >= 4 is 16.8 Å². The minimum Gasteiger partial charge on any atom is -0.508 e. The lowest BCUT2D eigenvalue weighted by atomic mass is 10.1. The van der Waals surface area contributed by atoms with Crippen LogP contribution in [-0.2, 0) is 13.0 Å². The molecule has 0 fully saturated rings. The fourth-order valence-electron chi connectivity index (χ4n) is 2.07. The first kappa shape index (κ1) is 12.5. The lowest BCUT2D eigenvalue weighted by Crippen LogP contribution is -1.98. The number of phenols is 1. The van der Waals surface area contributed by atoms with Crippen LogP contribution in [0.3, 0.4) is 0 Å². The topological polar surface area (TPSA) is 58.3 Å². The molecule has 0 radical (unpaired) electrons. The molecule has 102 valence electrons. The molecule has 4 heteroatoms. The van der Waals surface area contributed by atoms with Gasteiger partial charge < -0.3 is 14.8 Å². The SMILES string of the molecule is CCc1ccc2oc(CNc3ccc(O)cc3)nc2c1. The molecule has 0 aliphatic heterocycles. The summed E-state index contributed by atoms with van der Waals surface area (Å²) < 4.78 is 5.69. The maximum Gasteiger partial charge on any atom is 0.214 e. The van der Waals surface area contributed by atoms with Gasteiger partial charge in [-0.1, -0.05) is 13.0 Å². The summed E-state index contributed by atoms with van der Waals surface area (Å²) in [7, 11) is 0. The van der Waals surface area contributed by atoms with E-state index in [-0.39, 0.29) is 5.75 Å². The number of nitrogens with zero attached hydrogens (tertiary/aromatic N) is 1.